The van der Waals surface area contributed by atoms with Gasteiger partial charge in [0, 0.05) is 11.6 Å². The topological polar surface area (TPSA) is 86.6 Å². The lowest BCUT2D eigenvalue weighted by molar-refractivity contribution is -0.120. The second kappa shape index (κ2) is 5.73. The van der Waals surface area contributed by atoms with Gasteiger partial charge in [0.25, 0.3) is 0 Å². The molecule has 0 radical (unpaired) electrons. The van der Waals surface area contributed by atoms with Gasteiger partial charge < -0.3 is 15.5 Å². The van der Waals surface area contributed by atoms with Crippen molar-refractivity contribution in [2.75, 3.05) is 5.32 Å². The maximum atomic E-state index is 12.0. The lowest BCUT2D eigenvalue weighted by Gasteiger charge is -2.20. The minimum Gasteiger partial charge on any atom is -0.507 e. The highest BCUT2D eigenvalue weighted by Gasteiger charge is 2.21. The highest BCUT2D eigenvalue weighted by molar-refractivity contribution is 5.96. The summed E-state index contributed by atoms with van der Waals surface area (Å²) in [5.41, 5.74) is 0.201. The third-order valence-corrected chi connectivity index (χ3v) is 3.47. The number of amides is 1. The first-order valence-electron chi connectivity index (χ1n) is 6.45. The summed E-state index contributed by atoms with van der Waals surface area (Å²) in [5.74, 6) is -1.58. The second-order valence-corrected chi connectivity index (χ2v) is 4.86. The molecule has 1 aliphatic carbocycles. The van der Waals surface area contributed by atoms with E-state index in [-0.39, 0.29) is 23.1 Å². The number of aromatic hydroxyl groups is 1. The average Bonchev–Trinajstić information content (AvgIpc) is 2.41. The Bertz CT molecular complexity index is 492. The fourth-order valence-electron chi connectivity index (χ4n) is 2.39. The van der Waals surface area contributed by atoms with Crippen molar-refractivity contribution in [3.05, 3.63) is 23.8 Å². The number of rotatable bonds is 3. The van der Waals surface area contributed by atoms with Gasteiger partial charge in [0.1, 0.15) is 11.3 Å². The molecule has 0 aliphatic heterocycles. The molecule has 2 rings (SSSR count). The van der Waals surface area contributed by atoms with E-state index in [1.165, 1.54) is 24.6 Å². The molecule has 1 fully saturated rings. The zero-order valence-corrected chi connectivity index (χ0v) is 10.6. The minimum atomic E-state index is -1.22. The van der Waals surface area contributed by atoms with E-state index >= 15 is 0 Å². The van der Waals surface area contributed by atoms with E-state index < -0.39 is 5.97 Å². The van der Waals surface area contributed by atoms with Crippen LogP contribution >= 0.6 is 0 Å². The van der Waals surface area contributed by atoms with E-state index in [0.29, 0.717) is 5.69 Å². The van der Waals surface area contributed by atoms with E-state index in [1.54, 1.807) is 0 Å². The summed E-state index contributed by atoms with van der Waals surface area (Å²) in [7, 11) is 0. The predicted octanol–water partition coefficient (Wildman–Crippen LogP) is 2.61. The van der Waals surface area contributed by atoms with Crippen LogP contribution in [0.1, 0.15) is 42.5 Å². The number of carboxylic acid groups (broad SMARTS) is 1. The van der Waals surface area contributed by atoms with Gasteiger partial charge in [0.05, 0.1) is 0 Å². The number of benzene rings is 1. The van der Waals surface area contributed by atoms with Crippen molar-refractivity contribution >= 4 is 17.6 Å². The molecule has 1 amide bonds. The lowest BCUT2D eigenvalue weighted by atomic mass is 9.88. The van der Waals surface area contributed by atoms with E-state index in [9.17, 15) is 14.7 Å². The van der Waals surface area contributed by atoms with E-state index in [0.717, 1.165) is 25.7 Å². The number of hydrogen-bond acceptors (Lipinski definition) is 3. The zero-order valence-electron chi connectivity index (χ0n) is 10.6. The van der Waals surface area contributed by atoms with Gasteiger partial charge >= 0.3 is 5.97 Å². The quantitative estimate of drug-likeness (QED) is 0.731. The number of phenols is 1. The molecule has 19 heavy (non-hydrogen) atoms. The van der Waals surface area contributed by atoms with Crippen molar-refractivity contribution < 1.29 is 19.8 Å². The molecule has 5 heteroatoms. The molecule has 0 atom stereocenters. The van der Waals surface area contributed by atoms with Crippen LogP contribution in [-0.2, 0) is 4.79 Å². The lowest BCUT2D eigenvalue weighted by Crippen LogP contribution is -2.24. The monoisotopic (exact) mass is 263 g/mol. The van der Waals surface area contributed by atoms with Crippen molar-refractivity contribution in [2.24, 2.45) is 5.92 Å². The molecule has 102 valence electrons. The molecule has 0 bridgehead atoms. The van der Waals surface area contributed by atoms with Crippen molar-refractivity contribution in [2.45, 2.75) is 32.1 Å². The van der Waals surface area contributed by atoms with Crippen LogP contribution in [0.2, 0.25) is 0 Å². The van der Waals surface area contributed by atoms with Gasteiger partial charge in [0.15, 0.2) is 0 Å². The number of hydrogen-bond donors (Lipinski definition) is 3. The first-order chi connectivity index (χ1) is 9.08. The molecular formula is C14H17NO4. The van der Waals surface area contributed by atoms with Gasteiger partial charge in [-0.05, 0) is 31.0 Å². The second-order valence-electron chi connectivity index (χ2n) is 4.86. The first-order valence-corrected chi connectivity index (χ1v) is 6.45. The summed E-state index contributed by atoms with van der Waals surface area (Å²) in [5, 5.41) is 21.0. The normalized spacial score (nSPS) is 16.0. The molecule has 1 aromatic carbocycles. The van der Waals surface area contributed by atoms with Crippen molar-refractivity contribution in [1.82, 2.24) is 0 Å². The average molecular weight is 263 g/mol. The number of anilines is 1. The highest BCUT2D eigenvalue weighted by atomic mass is 16.4. The van der Waals surface area contributed by atoms with E-state index in [4.69, 9.17) is 5.11 Å². The van der Waals surface area contributed by atoms with E-state index in [2.05, 4.69) is 5.32 Å². The largest absolute Gasteiger partial charge is 0.507 e. The van der Waals surface area contributed by atoms with Crippen molar-refractivity contribution in [3.63, 3.8) is 0 Å². The third-order valence-electron chi connectivity index (χ3n) is 3.47. The van der Waals surface area contributed by atoms with Crippen molar-refractivity contribution in [3.8, 4) is 5.75 Å². The fraction of sp³-hybridized carbons (Fsp3) is 0.429. The Balaban J connectivity index is 2.08. The van der Waals surface area contributed by atoms with Gasteiger partial charge in [-0.2, -0.15) is 0 Å². The summed E-state index contributed by atoms with van der Waals surface area (Å²) >= 11 is 0. The van der Waals surface area contributed by atoms with Crippen LogP contribution in [0.4, 0.5) is 5.69 Å². The third kappa shape index (κ3) is 3.24. The Morgan fingerprint density at radius 2 is 1.84 bits per heavy atom. The Morgan fingerprint density at radius 3 is 2.47 bits per heavy atom. The molecule has 0 unspecified atom stereocenters. The number of nitrogens with one attached hydrogen (secondary N) is 1. The first kappa shape index (κ1) is 13.4. The summed E-state index contributed by atoms with van der Waals surface area (Å²) in [6, 6.07) is 4.06. The Morgan fingerprint density at radius 1 is 1.16 bits per heavy atom. The van der Waals surface area contributed by atoms with Crippen LogP contribution in [-0.4, -0.2) is 22.1 Å². The number of carbonyl (C=O) groups is 2. The van der Waals surface area contributed by atoms with Crippen LogP contribution in [0, 0.1) is 5.92 Å². The fourth-order valence-corrected chi connectivity index (χ4v) is 2.39. The summed E-state index contributed by atoms with van der Waals surface area (Å²) in [6.07, 6.45) is 5.07. The van der Waals surface area contributed by atoms with Crippen LogP contribution < -0.4 is 5.32 Å². The molecule has 0 spiro atoms. The molecule has 1 aromatic rings. The molecule has 3 N–H and O–H groups in total. The van der Waals surface area contributed by atoms with Crippen LogP contribution in [0.25, 0.3) is 0 Å². The molecule has 5 nitrogen and oxygen atoms in total. The van der Waals surface area contributed by atoms with Gasteiger partial charge in [-0.25, -0.2) is 4.79 Å². The van der Waals surface area contributed by atoms with Gasteiger partial charge in [0.2, 0.25) is 5.91 Å². The Hall–Kier alpha value is -2.04. The zero-order chi connectivity index (χ0) is 13.8. The van der Waals surface area contributed by atoms with Crippen LogP contribution in [0.3, 0.4) is 0 Å². The van der Waals surface area contributed by atoms with E-state index in [1.807, 2.05) is 0 Å². The Kier molecular flexibility index (Phi) is 4.04. The molecule has 0 aromatic heterocycles. The molecule has 0 saturated heterocycles. The van der Waals surface area contributed by atoms with Gasteiger partial charge in [-0.15, -0.1) is 0 Å². The molecular weight excluding hydrogens is 246 g/mol. The predicted molar refractivity (Wildman–Crippen MR) is 70.3 cm³/mol. The highest BCUT2D eigenvalue weighted by Crippen LogP contribution is 2.26. The van der Waals surface area contributed by atoms with Crippen LogP contribution in [0.15, 0.2) is 18.2 Å². The molecule has 1 saturated carbocycles. The standard InChI is InChI=1S/C14H17NO4/c16-12-7-6-10(8-11(12)14(18)19)15-13(17)9-4-2-1-3-5-9/h6-9,16H,1-5H2,(H,15,17)(H,18,19). The molecule has 1 aliphatic rings. The smallest absolute Gasteiger partial charge is 0.339 e. The maximum Gasteiger partial charge on any atom is 0.339 e. The number of carbonyl (C=O) groups excluding carboxylic acids is 1. The van der Waals surface area contributed by atoms with Crippen LogP contribution in [0.5, 0.6) is 5.75 Å². The number of aromatic carboxylic acids is 1. The minimum absolute atomic E-state index is 0.0100. The number of carboxylic acids is 1. The molecule has 0 heterocycles. The van der Waals surface area contributed by atoms with Gasteiger partial charge in [-0.3, -0.25) is 4.79 Å². The summed E-state index contributed by atoms with van der Waals surface area (Å²) in [6.45, 7) is 0. The maximum absolute atomic E-state index is 12.0. The SMILES string of the molecule is O=C(O)c1cc(NC(=O)C2CCCCC2)ccc1O. The summed E-state index contributed by atoms with van der Waals surface area (Å²) < 4.78 is 0. The van der Waals surface area contributed by atoms with Crippen molar-refractivity contribution in [1.29, 1.82) is 0 Å². The van der Waals surface area contributed by atoms with Gasteiger partial charge in [-0.1, -0.05) is 19.3 Å². The Labute approximate surface area is 111 Å². The summed E-state index contributed by atoms with van der Waals surface area (Å²) in [4.78, 5) is 22.9.